The second-order valence-electron chi connectivity index (χ2n) is 13.5. The quantitative estimate of drug-likeness (QED) is 0.149. The van der Waals surface area contributed by atoms with Crippen molar-refractivity contribution in [3.8, 4) is 17.0 Å². The Morgan fingerprint density at radius 1 is 0.894 bits per heavy atom. The number of carbonyl (C=O) groups is 2. The van der Waals surface area contributed by atoms with Gasteiger partial charge in [0.2, 0.25) is 0 Å². The van der Waals surface area contributed by atoms with Crippen molar-refractivity contribution < 1.29 is 14.0 Å². The number of Topliss-reactive ketones (excluding diaryl/α,β-unsaturated/α-hetero) is 1. The summed E-state index contributed by atoms with van der Waals surface area (Å²) in [6.45, 7) is 11.9. The lowest BCUT2D eigenvalue weighted by atomic mass is 9.76. The standard InChI is InChI=1S/C39H43N5O3/c1-25-14-16-31(17-15-25)44-35(24-34(43-44)39(3,4)5)42-38(46)41-30-13-9-12-29(22-30)36(28-18-20-40-21-19-28)37(45)32-23-33(47-26(32)2)27-10-7-6-8-11-27/h6-17,22-24,28,36,40H,18-21H2,1-5H3,(H2,41,42,46). The molecule has 1 fully saturated rings. The van der Waals surface area contributed by atoms with E-state index in [1.807, 2.05) is 105 Å². The van der Waals surface area contributed by atoms with Gasteiger partial charge in [-0.3, -0.25) is 10.1 Å². The zero-order chi connectivity index (χ0) is 33.1. The number of benzene rings is 3. The average Bonchev–Trinajstić information content (AvgIpc) is 3.66. The van der Waals surface area contributed by atoms with Gasteiger partial charge in [0.1, 0.15) is 17.3 Å². The average molecular weight is 630 g/mol. The Morgan fingerprint density at radius 2 is 1.62 bits per heavy atom. The number of aryl methyl sites for hydroxylation is 2. The van der Waals surface area contributed by atoms with Crippen LogP contribution in [0.1, 0.15) is 72.5 Å². The van der Waals surface area contributed by atoms with E-state index in [-0.39, 0.29) is 23.0 Å². The first kappa shape index (κ1) is 32.0. The number of amides is 2. The normalized spacial score (nSPS) is 14.5. The van der Waals surface area contributed by atoms with Crippen LogP contribution in [0.4, 0.5) is 16.3 Å². The number of aromatic nitrogens is 2. The minimum atomic E-state index is -0.390. The number of nitrogens with one attached hydrogen (secondary N) is 3. The maximum atomic E-state index is 14.4. The van der Waals surface area contributed by atoms with Gasteiger partial charge in [-0.1, -0.05) is 80.9 Å². The molecule has 1 saturated heterocycles. The zero-order valence-electron chi connectivity index (χ0n) is 27.8. The molecule has 242 valence electrons. The van der Waals surface area contributed by atoms with E-state index in [0.717, 1.165) is 54.0 Å². The van der Waals surface area contributed by atoms with Gasteiger partial charge in [0.15, 0.2) is 5.78 Å². The molecule has 47 heavy (non-hydrogen) atoms. The third kappa shape index (κ3) is 7.23. The van der Waals surface area contributed by atoms with E-state index in [4.69, 9.17) is 9.52 Å². The summed E-state index contributed by atoms with van der Waals surface area (Å²) in [5, 5.41) is 14.3. The highest BCUT2D eigenvalue weighted by Gasteiger charge is 2.34. The highest BCUT2D eigenvalue weighted by Crippen LogP contribution is 2.37. The van der Waals surface area contributed by atoms with E-state index < -0.39 is 6.03 Å². The predicted molar refractivity (Wildman–Crippen MR) is 188 cm³/mol. The van der Waals surface area contributed by atoms with Crippen LogP contribution in [0.5, 0.6) is 0 Å². The van der Waals surface area contributed by atoms with Gasteiger partial charge in [-0.25, -0.2) is 9.48 Å². The van der Waals surface area contributed by atoms with E-state index in [1.165, 1.54) is 0 Å². The molecule has 0 aliphatic carbocycles. The summed E-state index contributed by atoms with van der Waals surface area (Å²) in [5.41, 5.74) is 5.68. The van der Waals surface area contributed by atoms with Crippen molar-refractivity contribution in [3.05, 3.63) is 119 Å². The monoisotopic (exact) mass is 629 g/mol. The Labute approximate surface area is 276 Å². The van der Waals surface area contributed by atoms with E-state index in [1.54, 1.807) is 4.68 Å². The number of furan rings is 1. The minimum Gasteiger partial charge on any atom is -0.461 e. The Morgan fingerprint density at radius 3 is 2.32 bits per heavy atom. The van der Waals surface area contributed by atoms with Gasteiger partial charge in [-0.15, -0.1) is 0 Å². The molecule has 8 heteroatoms. The lowest BCUT2D eigenvalue weighted by Gasteiger charge is -2.30. The molecule has 3 aromatic carbocycles. The molecule has 3 N–H and O–H groups in total. The molecule has 1 aliphatic rings. The van der Waals surface area contributed by atoms with Crippen molar-refractivity contribution in [1.82, 2.24) is 15.1 Å². The molecule has 2 aromatic heterocycles. The molecule has 0 spiro atoms. The fourth-order valence-corrected chi connectivity index (χ4v) is 6.26. The molecule has 0 radical (unpaired) electrons. The molecule has 0 saturated carbocycles. The molecule has 2 amide bonds. The first-order valence-corrected chi connectivity index (χ1v) is 16.3. The van der Waals surface area contributed by atoms with Crippen molar-refractivity contribution in [3.63, 3.8) is 0 Å². The first-order valence-electron chi connectivity index (χ1n) is 16.3. The van der Waals surface area contributed by atoms with Crippen molar-refractivity contribution in [2.45, 2.75) is 58.8 Å². The highest BCUT2D eigenvalue weighted by atomic mass is 16.3. The van der Waals surface area contributed by atoms with Crippen LogP contribution in [-0.2, 0) is 5.41 Å². The van der Waals surface area contributed by atoms with Gasteiger partial charge >= 0.3 is 6.03 Å². The Kier molecular flexibility index (Phi) is 9.14. The lowest BCUT2D eigenvalue weighted by molar-refractivity contribution is 0.0914. The predicted octanol–water partition coefficient (Wildman–Crippen LogP) is 8.66. The zero-order valence-corrected chi connectivity index (χ0v) is 27.8. The molecular formula is C39H43N5O3. The summed E-state index contributed by atoms with van der Waals surface area (Å²) in [7, 11) is 0. The van der Waals surface area contributed by atoms with Crippen LogP contribution in [0.15, 0.2) is 95.4 Å². The van der Waals surface area contributed by atoms with Gasteiger partial charge in [0.05, 0.1) is 22.9 Å². The van der Waals surface area contributed by atoms with Crippen LogP contribution >= 0.6 is 0 Å². The number of urea groups is 1. The number of rotatable bonds is 8. The van der Waals surface area contributed by atoms with Crippen LogP contribution in [0.25, 0.3) is 17.0 Å². The Balaban J connectivity index is 1.27. The fraction of sp³-hybridized carbons (Fsp3) is 0.308. The Hall–Kier alpha value is -4.95. The summed E-state index contributed by atoms with van der Waals surface area (Å²) in [4.78, 5) is 27.8. The second-order valence-corrected chi connectivity index (χ2v) is 13.5. The summed E-state index contributed by atoms with van der Waals surface area (Å²) >= 11 is 0. The molecule has 6 rings (SSSR count). The summed E-state index contributed by atoms with van der Waals surface area (Å²) in [5.74, 6) is 1.68. The number of piperidine rings is 1. The van der Waals surface area contributed by atoms with Gasteiger partial charge in [0, 0.05) is 22.7 Å². The third-order valence-corrected chi connectivity index (χ3v) is 8.88. The molecule has 5 aromatic rings. The summed E-state index contributed by atoms with van der Waals surface area (Å²) in [6.07, 6.45) is 1.77. The number of hydrogen-bond donors (Lipinski definition) is 3. The van der Waals surface area contributed by atoms with Crippen LogP contribution in [-0.4, -0.2) is 34.7 Å². The van der Waals surface area contributed by atoms with Gasteiger partial charge in [0.25, 0.3) is 0 Å². The molecule has 8 nitrogen and oxygen atoms in total. The first-order chi connectivity index (χ1) is 22.6. The van der Waals surface area contributed by atoms with Crippen LogP contribution in [0.3, 0.4) is 0 Å². The maximum Gasteiger partial charge on any atom is 0.324 e. The van der Waals surface area contributed by atoms with Crippen LogP contribution < -0.4 is 16.0 Å². The lowest BCUT2D eigenvalue weighted by Crippen LogP contribution is -2.33. The van der Waals surface area contributed by atoms with Crippen LogP contribution in [0, 0.1) is 19.8 Å². The minimum absolute atomic E-state index is 0.0404. The largest absolute Gasteiger partial charge is 0.461 e. The van der Waals surface area contributed by atoms with E-state index in [2.05, 4.69) is 36.7 Å². The number of nitrogens with zero attached hydrogens (tertiary/aromatic N) is 2. The van der Waals surface area contributed by atoms with Crippen molar-refractivity contribution in [2.75, 3.05) is 23.7 Å². The highest BCUT2D eigenvalue weighted by molar-refractivity contribution is 6.03. The van der Waals surface area contributed by atoms with Crippen molar-refractivity contribution in [2.24, 2.45) is 5.92 Å². The Bertz CT molecular complexity index is 1860. The van der Waals surface area contributed by atoms with Gasteiger partial charge < -0.3 is 15.1 Å². The SMILES string of the molecule is Cc1ccc(-n2nc(C(C)(C)C)cc2NC(=O)Nc2cccc(C(C(=O)c3cc(-c4ccccc4)oc3C)C3CCNCC3)c2)cc1. The molecule has 0 bridgehead atoms. The molecule has 1 unspecified atom stereocenters. The number of anilines is 2. The molecule has 1 atom stereocenters. The van der Waals surface area contributed by atoms with Crippen molar-refractivity contribution in [1.29, 1.82) is 0 Å². The van der Waals surface area contributed by atoms with Crippen LogP contribution in [0.2, 0.25) is 0 Å². The summed E-state index contributed by atoms with van der Waals surface area (Å²) < 4.78 is 7.86. The topological polar surface area (TPSA) is 101 Å². The fourth-order valence-electron chi connectivity index (χ4n) is 6.26. The molecule has 3 heterocycles. The smallest absolute Gasteiger partial charge is 0.324 e. The van der Waals surface area contributed by atoms with E-state index in [9.17, 15) is 9.59 Å². The van der Waals surface area contributed by atoms with E-state index in [0.29, 0.717) is 28.6 Å². The number of hydrogen-bond acceptors (Lipinski definition) is 5. The summed E-state index contributed by atoms with van der Waals surface area (Å²) in [6, 6.07) is 28.9. The maximum absolute atomic E-state index is 14.4. The van der Waals surface area contributed by atoms with Crippen molar-refractivity contribution >= 4 is 23.3 Å². The number of carbonyl (C=O) groups excluding carboxylic acids is 2. The van der Waals surface area contributed by atoms with E-state index >= 15 is 0 Å². The third-order valence-electron chi connectivity index (χ3n) is 8.88. The second kappa shape index (κ2) is 13.4. The van der Waals surface area contributed by atoms with Gasteiger partial charge in [-0.05, 0) is 81.6 Å². The molecule has 1 aliphatic heterocycles. The van der Waals surface area contributed by atoms with Gasteiger partial charge in [-0.2, -0.15) is 5.10 Å². The number of ketones is 1. The molecular weight excluding hydrogens is 586 g/mol.